The molecule has 1 fully saturated rings. The molecule has 0 aliphatic carbocycles. The maximum Gasteiger partial charge on any atom is 0.0591 e. The Bertz CT molecular complexity index is 171. The van der Waals surface area contributed by atoms with Crippen LogP contribution in [-0.2, 0) is 4.74 Å². The molecule has 0 amide bonds. The summed E-state index contributed by atoms with van der Waals surface area (Å²) < 4.78 is 5.30. The molecule has 1 heterocycles. The van der Waals surface area contributed by atoms with Gasteiger partial charge in [-0.25, -0.2) is 0 Å². The first kappa shape index (κ1) is 13.0. The van der Waals surface area contributed by atoms with Crippen molar-refractivity contribution >= 4 is 0 Å². The lowest BCUT2D eigenvalue weighted by molar-refractivity contribution is 0.0721. The first-order valence-electron chi connectivity index (χ1n) is 6.31. The van der Waals surface area contributed by atoms with Crippen LogP contribution in [0.2, 0.25) is 0 Å². The molecule has 1 rings (SSSR count). The summed E-state index contributed by atoms with van der Waals surface area (Å²) in [5.74, 6) is 0.391. The maximum atomic E-state index is 10.0. The molecule has 1 saturated heterocycles. The summed E-state index contributed by atoms with van der Waals surface area (Å²) in [5, 5.41) is 10.0. The summed E-state index contributed by atoms with van der Waals surface area (Å²) in [6.45, 7) is 8.42. The molecule has 0 aromatic rings. The minimum absolute atomic E-state index is 0.149. The molecule has 15 heavy (non-hydrogen) atoms. The quantitative estimate of drug-likeness (QED) is 0.736. The molecule has 2 nitrogen and oxygen atoms in total. The van der Waals surface area contributed by atoms with Gasteiger partial charge in [-0.2, -0.15) is 0 Å². The Kier molecular flexibility index (Phi) is 5.07. The molecule has 2 atom stereocenters. The van der Waals surface area contributed by atoms with Gasteiger partial charge in [0.15, 0.2) is 0 Å². The lowest BCUT2D eigenvalue weighted by Crippen LogP contribution is -2.23. The highest BCUT2D eigenvalue weighted by molar-refractivity contribution is 4.76. The van der Waals surface area contributed by atoms with Crippen LogP contribution >= 0.6 is 0 Å². The van der Waals surface area contributed by atoms with Crippen molar-refractivity contribution < 1.29 is 9.84 Å². The first-order chi connectivity index (χ1) is 7.05. The topological polar surface area (TPSA) is 29.5 Å². The van der Waals surface area contributed by atoms with Crippen LogP contribution in [0.3, 0.4) is 0 Å². The molecule has 1 aliphatic heterocycles. The van der Waals surface area contributed by atoms with Gasteiger partial charge in [-0.3, -0.25) is 0 Å². The SMILES string of the molecule is CCCC(C)(C)CCC(O)C1CCOC1. The third-order valence-electron chi connectivity index (χ3n) is 3.55. The van der Waals surface area contributed by atoms with E-state index in [9.17, 15) is 5.11 Å². The fourth-order valence-corrected chi connectivity index (χ4v) is 2.43. The third-order valence-corrected chi connectivity index (χ3v) is 3.55. The minimum atomic E-state index is -0.149. The van der Waals surface area contributed by atoms with Crippen molar-refractivity contribution in [3.05, 3.63) is 0 Å². The van der Waals surface area contributed by atoms with E-state index in [1.807, 2.05) is 0 Å². The van der Waals surface area contributed by atoms with E-state index in [0.29, 0.717) is 11.3 Å². The normalized spacial score (nSPS) is 24.4. The van der Waals surface area contributed by atoms with Gasteiger partial charge in [0.2, 0.25) is 0 Å². The monoisotopic (exact) mass is 214 g/mol. The van der Waals surface area contributed by atoms with Gasteiger partial charge >= 0.3 is 0 Å². The van der Waals surface area contributed by atoms with Crippen molar-refractivity contribution in [3.8, 4) is 0 Å². The van der Waals surface area contributed by atoms with Gasteiger partial charge in [0.05, 0.1) is 12.7 Å². The van der Waals surface area contributed by atoms with Crippen LogP contribution in [0.25, 0.3) is 0 Å². The van der Waals surface area contributed by atoms with Crippen LogP contribution in [0.1, 0.15) is 52.9 Å². The Morgan fingerprint density at radius 1 is 1.40 bits per heavy atom. The fraction of sp³-hybridized carbons (Fsp3) is 1.00. The van der Waals surface area contributed by atoms with Crippen molar-refractivity contribution in [1.29, 1.82) is 0 Å². The molecule has 0 aromatic carbocycles. The molecule has 2 heteroatoms. The van der Waals surface area contributed by atoms with Crippen molar-refractivity contribution in [1.82, 2.24) is 0 Å². The summed E-state index contributed by atoms with van der Waals surface area (Å²) in [4.78, 5) is 0. The van der Waals surface area contributed by atoms with Gasteiger partial charge < -0.3 is 9.84 Å². The van der Waals surface area contributed by atoms with Crippen LogP contribution in [-0.4, -0.2) is 24.4 Å². The minimum Gasteiger partial charge on any atom is -0.393 e. The second kappa shape index (κ2) is 5.86. The van der Waals surface area contributed by atoms with E-state index in [1.54, 1.807) is 0 Å². The highest BCUT2D eigenvalue weighted by Gasteiger charge is 2.26. The van der Waals surface area contributed by atoms with Crippen LogP contribution in [0.4, 0.5) is 0 Å². The molecule has 0 spiro atoms. The largest absolute Gasteiger partial charge is 0.393 e. The van der Waals surface area contributed by atoms with Crippen molar-refractivity contribution in [2.75, 3.05) is 13.2 Å². The molecule has 0 aromatic heterocycles. The Morgan fingerprint density at radius 2 is 2.13 bits per heavy atom. The van der Waals surface area contributed by atoms with E-state index in [4.69, 9.17) is 4.74 Å². The lowest BCUT2D eigenvalue weighted by Gasteiger charge is -2.26. The van der Waals surface area contributed by atoms with Crippen molar-refractivity contribution in [2.45, 2.75) is 59.0 Å². The van der Waals surface area contributed by atoms with Crippen LogP contribution in [0.15, 0.2) is 0 Å². The summed E-state index contributed by atoms with van der Waals surface area (Å²) in [5.41, 5.74) is 0.384. The van der Waals surface area contributed by atoms with Gasteiger partial charge in [-0.05, 0) is 31.1 Å². The molecule has 1 N–H and O–H groups in total. The van der Waals surface area contributed by atoms with Crippen molar-refractivity contribution in [2.24, 2.45) is 11.3 Å². The molecule has 0 saturated carbocycles. The number of aliphatic hydroxyl groups excluding tert-OH is 1. The van der Waals surface area contributed by atoms with Crippen LogP contribution < -0.4 is 0 Å². The molecule has 0 radical (unpaired) electrons. The smallest absolute Gasteiger partial charge is 0.0591 e. The Labute approximate surface area is 94.0 Å². The molecular formula is C13H26O2. The Balaban J connectivity index is 2.23. The summed E-state index contributed by atoms with van der Waals surface area (Å²) in [6.07, 6.45) is 5.43. The van der Waals surface area contributed by atoms with E-state index in [-0.39, 0.29) is 6.10 Å². The highest BCUT2D eigenvalue weighted by Crippen LogP contribution is 2.30. The Morgan fingerprint density at radius 3 is 2.67 bits per heavy atom. The number of aliphatic hydroxyl groups is 1. The molecule has 0 bridgehead atoms. The number of hydrogen-bond donors (Lipinski definition) is 1. The van der Waals surface area contributed by atoms with E-state index >= 15 is 0 Å². The summed E-state index contributed by atoms with van der Waals surface area (Å²) >= 11 is 0. The van der Waals surface area contributed by atoms with E-state index in [0.717, 1.165) is 32.5 Å². The first-order valence-corrected chi connectivity index (χ1v) is 6.31. The number of rotatable bonds is 6. The summed E-state index contributed by atoms with van der Waals surface area (Å²) in [7, 11) is 0. The molecule has 2 unspecified atom stereocenters. The van der Waals surface area contributed by atoms with Gasteiger partial charge in [-0.1, -0.05) is 27.2 Å². The van der Waals surface area contributed by atoms with Gasteiger partial charge in [0.25, 0.3) is 0 Å². The van der Waals surface area contributed by atoms with Crippen molar-refractivity contribution in [3.63, 3.8) is 0 Å². The average Bonchev–Trinajstić information content (AvgIpc) is 2.67. The van der Waals surface area contributed by atoms with Gasteiger partial charge in [0.1, 0.15) is 0 Å². The molecular weight excluding hydrogens is 188 g/mol. The average molecular weight is 214 g/mol. The predicted molar refractivity (Wildman–Crippen MR) is 62.9 cm³/mol. The lowest BCUT2D eigenvalue weighted by atomic mass is 9.81. The molecule has 1 aliphatic rings. The van der Waals surface area contributed by atoms with Gasteiger partial charge in [0, 0.05) is 12.5 Å². The Hall–Kier alpha value is -0.0800. The van der Waals surface area contributed by atoms with E-state index in [1.165, 1.54) is 12.8 Å². The van der Waals surface area contributed by atoms with E-state index in [2.05, 4.69) is 20.8 Å². The standard InChI is InChI=1S/C13H26O2/c1-4-7-13(2,3)8-5-12(14)11-6-9-15-10-11/h11-12,14H,4-10H2,1-3H3. The van der Waals surface area contributed by atoms with Crippen LogP contribution in [0.5, 0.6) is 0 Å². The van der Waals surface area contributed by atoms with Gasteiger partial charge in [-0.15, -0.1) is 0 Å². The predicted octanol–water partition coefficient (Wildman–Crippen LogP) is 2.99. The zero-order chi connectivity index (χ0) is 11.3. The number of hydrogen-bond acceptors (Lipinski definition) is 2. The molecule has 90 valence electrons. The summed E-state index contributed by atoms with van der Waals surface area (Å²) in [6, 6.07) is 0. The zero-order valence-electron chi connectivity index (χ0n) is 10.5. The third kappa shape index (κ3) is 4.52. The second-order valence-electron chi connectivity index (χ2n) is 5.64. The zero-order valence-corrected chi connectivity index (χ0v) is 10.5. The number of ether oxygens (including phenoxy) is 1. The maximum absolute atomic E-state index is 10.0. The fourth-order valence-electron chi connectivity index (χ4n) is 2.43. The highest BCUT2D eigenvalue weighted by atomic mass is 16.5. The van der Waals surface area contributed by atoms with Crippen LogP contribution in [0, 0.1) is 11.3 Å². The second-order valence-corrected chi connectivity index (χ2v) is 5.64. The van der Waals surface area contributed by atoms with E-state index < -0.39 is 0 Å².